The Bertz CT molecular complexity index is 435. The van der Waals surface area contributed by atoms with Gasteiger partial charge in [-0.25, -0.2) is 0 Å². The van der Waals surface area contributed by atoms with Gasteiger partial charge < -0.3 is 0 Å². The van der Waals surface area contributed by atoms with E-state index in [0.717, 1.165) is 35.5 Å². The molecule has 2 heteroatoms. The zero-order valence-electron chi connectivity index (χ0n) is 14.6. The Hall–Kier alpha value is 0.697. The fourth-order valence-corrected chi connectivity index (χ4v) is 21.0. The maximum atomic E-state index is 4.81. The van der Waals surface area contributed by atoms with E-state index in [-0.39, 0.29) is 0 Å². The van der Waals surface area contributed by atoms with Gasteiger partial charge in [0.2, 0.25) is 0 Å². The van der Waals surface area contributed by atoms with Gasteiger partial charge in [0, 0.05) is 0 Å². The predicted octanol–water partition coefficient (Wildman–Crippen LogP) is 6.90. The molecule has 0 aromatic heterocycles. The standard InChI is InChI=1S/C21H33BrSi/c22-23(19-10-13-1-4-16(19)7-13,20-11-14-2-5-17(20)8-14)21-12-15-3-6-18(21)9-15/h13-21H,1-12H2. The Morgan fingerprint density at radius 1 is 0.478 bits per heavy atom. The Balaban J connectivity index is 1.38. The van der Waals surface area contributed by atoms with E-state index in [1.165, 1.54) is 16.6 Å². The van der Waals surface area contributed by atoms with Crippen LogP contribution in [0, 0.1) is 35.5 Å². The molecule has 0 N–H and O–H groups in total. The van der Waals surface area contributed by atoms with Crippen LogP contribution in [0.25, 0.3) is 0 Å². The molecule has 0 amide bonds. The van der Waals surface area contributed by atoms with Gasteiger partial charge in [-0.1, -0.05) is 38.5 Å². The first kappa shape index (κ1) is 14.8. The quantitative estimate of drug-likeness (QED) is 0.361. The molecule has 6 fully saturated rings. The number of hydrogen-bond donors (Lipinski definition) is 0. The SMILES string of the molecule is Br[Si](C1CC2CCC1C2)(C1CC2CCC1C2)C1CC2CCC1C2. The van der Waals surface area contributed by atoms with Crippen LogP contribution in [0.3, 0.4) is 0 Å². The molecule has 0 aromatic rings. The molecule has 23 heavy (non-hydrogen) atoms. The second kappa shape index (κ2) is 5.12. The van der Waals surface area contributed by atoms with Crippen LogP contribution in [0.1, 0.15) is 77.0 Å². The van der Waals surface area contributed by atoms with E-state index in [0.29, 0.717) is 0 Å². The zero-order valence-corrected chi connectivity index (χ0v) is 17.1. The number of hydrogen-bond acceptors (Lipinski definition) is 0. The topological polar surface area (TPSA) is 0 Å². The van der Waals surface area contributed by atoms with Crippen molar-refractivity contribution in [3.05, 3.63) is 0 Å². The Kier molecular flexibility index (Phi) is 3.30. The molecule has 0 radical (unpaired) electrons. The number of halogens is 1. The Morgan fingerprint density at radius 2 is 0.826 bits per heavy atom. The van der Waals surface area contributed by atoms with Gasteiger partial charge in [0.15, 0.2) is 0 Å². The summed E-state index contributed by atoms with van der Waals surface area (Å²) in [5.41, 5.74) is 3.57. The summed E-state index contributed by atoms with van der Waals surface area (Å²) in [6, 6.07) is 0. The molecule has 128 valence electrons. The van der Waals surface area contributed by atoms with Crippen LogP contribution >= 0.6 is 15.3 Å². The van der Waals surface area contributed by atoms with Gasteiger partial charge in [0.1, 0.15) is 6.69 Å². The van der Waals surface area contributed by atoms with Gasteiger partial charge in [-0.2, -0.15) is 0 Å². The lowest BCUT2D eigenvalue weighted by Crippen LogP contribution is -2.48. The smallest absolute Gasteiger partial charge is 0.125 e. The van der Waals surface area contributed by atoms with E-state index in [1.54, 1.807) is 77.0 Å². The van der Waals surface area contributed by atoms with Crippen molar-refractivity contribution < 1.29 is 0 Å². The minimum atomic E-state index is -1.30. The zero-order chi connectivity index (χ0) is 15.2. The predicted molar refractivity (Wildman–Crippen MR) is 102 cm³/mol. The first-order valence-electron chi connectivity index (χ1n) is 10.9. The monoisotopic (exact) mass is 392 g/mol. The number of rotatable bonds is 3. The maximum absolute atomic E-state index is 4.81. The summed E-state index contributed by atoms with van der Waals surface area (Å²) in [6.45, 7) is -1.30. The molecule has 9 atom stereocenters. The minimum absolute atomic E-state index is 1.15. The molecule has 6 saturated carbocycles. The third kappa shape index (κ3) is 2.00. The summed E-state index contributed by atoms with van der Waals surface area (Å²) in [7, 11) is 0. The molecule has 0 aliphatic heterocycles. The average Bonchev–Trinajstić information content (AvgIpc) is 3.40. The summed E-state index contributed by atoms with van der Waals surface area (Å²) >= 11 is 4.81. The van der Waals surface area contributed by atoms with E-state index >= 15 is 0 Å². The molecule has 6 aliphatic carbocycles. The van der Waals surface area contributed by atoms with E-state index < -0.39 is 6.69 Å². The van der Waals surface area contributed by atoms with Crippen molar-refractivity contribution in [1.29, 1.82) is 0 Å². The van der Waals surface area contributed by atoms with Gasteiger partial charge in [0.25, 0.3) is 0 Å². The molecule has 0 spiro atoms. The molecule has 0 nitrogen and oxygen atoms in total. The first-order chi connectivity index (χ1) is 11.2. The largest absolute Gasteiger partial charge is 0.140 e. The highest BCUT2D eigenvalue weighted by molar-refractivity contribution is 9.26. The van der Waals surface area contributed by atoms with Crippen molar-refractivity contribution in [3.63, 3.8) is 0 Å². The van der Waals surface area contributed by atoms with Gasteiger partial charge in [-0.05, 0) is 90.7 Å². The minimum Gasteiger partial charge on any atom is -0.125 e. The highest BCUT2D eigenvalue weighted by Gasteiger charge is 2.64. The Morgan fingerprint density at radius 3 is 1.04 bits per heavy atom. The third-order valence-corrected chi connectivity index (χ3v) is 20.7. The average molecular weight is 393 g/mol. The molecule has 6 bridgehead atoms. The van der Waals surface area contributed by atoms with Gasteiger partial charge in [-0.15, -0.1) is 15.3 Å². The van der Waals surface area contributed by atoms with Crippen LogP contribution < -0.4 is 0 Å². The van der Waals surface area contributed by atoms with Gasteiger partial charge in [0.05, 0.1) is 0 Å². The van der Waals surface area contributed by atoms with E-state index in [2.05, 4.69) is 0 Å². The molecular weight excluding hydrogens is 360 g/mol. The highest BCUT2D eigenvalue weighted by Crippen LogP contribution is 2.72. The Labute approximate surface area is 151 Å². The lowest BCUT2D eigenvalue weighted by Gasteiger charge is -2.50. The highest BCUT2D eigenvalue weighted by atomic mass is 79.9. The first-order valence-corrected chi connectivity index (χ1v) is 15.4. The number of fused-ring (bicyclic) bond motifs is 6. The van der Waals surface area contributed by atoms with Crippen molar-refractivity contribution in [2.24, 2.45) is 35.5 Å². The second-order valence-electron chi connectivity index (χ2n) is 10.7. The van der Waals surface area contributed by atoms with Crippen LogP contribution in [0.5, 0.6) is 0 Å². The van der Waals surface area contributed by atoms with Crippen molar-refractivity contribution in [2.75, 3.05) is 0 Å². The summed E-state index contributed by atoms with van der Waals surface area (Å²) < 4.78 is 0. The fourth-order valence-electron chi connectivity index (χ4n) is 9.18. The van der Waals surface area contributed by atoms with Crippen molar-refractivity contribution in [1.82, 2.24) is 0 Å². The van der Waals surface area contributed by atoms with Crippen LogP contribution in [0.15, 0.2) is 0 Å². The van der Waals surface area contributed by atoms with E-state index in [4.69, 9.17) is 15.3 Å². The molecule has 0 heterocycles. The van der Waals surface area contributed by atoms with Gasteiger partial charge >= 0.3 is 0 Å². The van der Waals surface area contributed by atoms with Crippen LogP contribution in [0.4, 0.5) is 0 Å². The molecule has 6 aliphatic rings. The molecular formula is C21H33BrSi. The molecule has 0 saturated heterocycles. The lowest BCUT2D eigenvalue weighted by atomic mass is 9.98. The van der Waals surface area contributed by atoms with E-state index in [1.807, 2.05) is 0 Å². The summed E-state index contributed by atoms with van der Waals surface area (Å²) in [4.78, 5) is 0. The van der Waals surface area contributed by atoms with Crippen LogP contribution in [-0.2, 0) is 0 Å². The van der Waals surface area contributed by atoms with Crippen molar-refractivity contribution in [2.45, 2.75) is 93.7 Å². The van der Waals surface area contributed by atoms with E-state index in [9.17, 15) is 0 Å². The lowest BCUT2D eigenvalue weighted by molar-refractivity contribution is 0.402. The second-order valence-corrected chi connectivity index (χ2v) is 18.7. The molecule has 6 rings (SSSR count). The third-order valence-electron chi connectivity index (χ3n) is 9.92. The van der Waals surface area contributed by atoms with Crippen molar-refractivity contribution in [3.8, 4) is 0 Å². The van der Waals surface area contributed by atoms with Crippen molar-refractivity contribution >= 4 is 22.0 Å². The van der Waals surface area contributed by atoms with Crippen LogP contribution in [-0.4, -0.2) is 6.69 Å². The molecule has 9 unspecified atom stereocenters. The normalized spacial score (nSPS) is 59.1. The summed E-state index contributed by atoms with van der Waals surface area (Å²) in [6.07, 6.45) is 19.5. The maximum Gasteiger partial charge on any atom is 0.140 e. The van der Waals surface area contributed by atoms with Crippen LogP contribution in [0.2, 0.25) is 16.6 Å². The summed E-state index contributed by atoms with van der Waals surface area (Å²) in [5, 5.41) is 0. The van der Waals surface area contributed by atoms with Gasteiger partial charge in [-0.3, -0.25) is 0 Å². The fraction of sp³-hybridized carbons (Fsp3) is 1.00. The summed E-state index contributed by atoms with van der Waals surface area (Å²) in [5.74, 6) is 6.91. The molecule has 0 aromatic carbocycles.